The molecule has 3 rings (SSSR count). The third kappa shape index (κ3) is 5.44. The fraction of sp³-hybridized carbons (Fsp3) is 0.333. The van der Waals surface area contributed by atoms with Gasteiger partial charge in [0.05, 0.1) is 18.4 Å². The van der Waals surface area contributed by atoms with Gasteiger partial charge in [-0.3, -0.25) is 4.79 Å². The van der Waals surface area contributed by atoms with Gasteiger partial charge in [-0.15, -0.1) is 39.4 Å². The summed E-state index contributed by atoms with van der Waals surface area (Å²) in [6.07, 6.45) is 3.16. The zero-order valence-electron chi connectivity index (χ0n) is 17.6. The number of ether oxygens (including phenoxy) is 1. The normalized spacial score (nSPS) is 10.8. The Bertz CT molecular complexity index is 1070. The first-order valence-electron chi connectivity index (χ1n) is 9.67. The smallest absolute Gasteiger partial charge is 0.341 e. The van der Waals surface area contributed by atoms with Crippen molar-refractivity contribution in [3.05, 3.63) is 56.9 Å². The molecule has 3 aromatic rings. The number of aromatic nitrogens is 3. The van der Waals surface area contributed by atoms with Crippen LogP contribution >= 0.6 is 34.4 Å². The molecule has 0 fully saturated rings. The Morgan fingerprint density at radius 1 is 1.39 bits per heavy atom. The maximum Gasteiger partial charge on any atom is 0.341 e. The summed E-state index contributed by atoms with van der Waals surface area (Å²) in [7, 11) is 1.34. The average molecular weight is 477 g/mol. The SMILES string of the molecule is C=CCn1c(Cc2cccs2)nnc1SCC(=O)Nc1sc(C)c(CC)c1C(=O)OC. The van der Waals surface area contributed by atoms with Gasteiger partial charge in [-0.2, -0.15) is 0 Å². The second-order valence-electron chi connectivity index (χ2n) is 6.58. The summed E-state index contributed by atoms with van der Waals surface area (Å²) < 4.78 is 6.88. The molecule has 0 saturated heterocycles. The van der Waals surface area contributed by atoms with E-state index in [1.807, 2.05) is 29.9 Å². The zero-order valence-corrected chi connectivity index (χ0v) is 20.1. The van der Waals surface area contributed by atoms with Crippen LogP contribution in [0.15, 0.2) is 35.3 Å². The minimum atomic E-state index is -0.437. The van der Waals surface area contributed by atoms with Crippen molar-refractivity contribution in [3.8, 4) is 0 Å². The quantitative estimate of drug-likeness (QED) is 0.262. The number of thiophene rings is 2. The van der Waals surface area contributed by atoms with Crippen molar-refractivity contribution in [2.24, 2.45) is 0 Å². The third-order valence-electron chi connectivity index (χ3n) is 4.55. The summed E-state index contributed by atoms with van der Waals surface area (Å²) in [5.41, 5.74) is 1.35. The van der Waals surface area contributed by atoms with E-state index in [2.05, 4.69) is 28.2 Å². The molecule has 0 spiro atoms. The Labute approximate surface area is 193 Å². The second-order valence-corrected chi connectivity index (χ2v) is 9.78. The molecule has 0 unspecified atom stereocenters. The molecule has 10 heteroatoms. The number of anilines is 1. The predicted molar refractivity (Wildman–Crippen MR) is 126 cm³/mol. The van der Waals surface area contributed by atoms with Gasteiger partial charge in [0.1, 0.15) is 10.8 Å². The molecule has 3 heterocycles. The topological polar surface area (TPSA) is 86.1 Å². The molecular formula is C21H24N4O3S3. The van der Waals surface area contributed by atoms with Crippen molar-refractivity contribution in [1.82, 2.24) is 14.8 Å². The summed E-state index contributed by atoms with van der Waals surface area (Å²) in [6.45, 7) is 8.29. The Balaban J connectivity index is 1.71. The summed E-state index contributed by atoms with van der Waals surface area (Å²) in [5.74, 6) is 0.327. The van der Waals surface area contributed by atoms with Crippen LogP contribution in [0.25, 0.3) is 0 Å². The standard InChI is InChI=1S/C21H24N4O3S3/c1-5-9-25-16(11-14-8-7-10-29-14)23-24-21(25)30-12-17(26)22-19-18(20(27)28-4)15(6-2)13(3)31-19/h5,7-8,10H,1,6,9,11-12H2,2-4H3,(H,22,26). The largest absolute Gasteiger partial charge is 0.465 e. The van der Waals surface area contributed by atoms with Crippen molar-refractivity contribution < 1.29 is 14.3 Å². The van der Waals surface area contributed by atoms with E-state index in [9.17, 15) is 9.59 Å². The molecule has 31 heavy (non-hydrogen) atoms. The molecule has 0 radical (unpaired) electrons. The minimum Gasteiger partial charge on any atom is -0.465 e. The zero-order chi connectivity index (χ0) is 22.4. The molecule has 3 aromatic heterocycles. The molecular weight excluding hydrogens is 452 g/mol. The number of thioether (sulfide) groups is 1. The number of hydrogen-bond donors (Lipinski definition) is 1. The Hall–Kier alpha value is -2.43. The Morgan fingerprint density at radius 3 is 2.84 bits per heavy atom. The summed E-state index contributed by atoms with van der Waals surface area (Å²) in [5, 5.41) is 14.7. The van der Waals surface area contributed by atoms with Gasteiger partial charge in [0, 0.05) is 22.7 Å². The number of amides is 1. The lowest BCUT2D eigenvalue weighted by Crippen LogP contribution is -2.16. The highest BCUT2D eigenvalue weighted by molar-refractivity contribution is 7.99. The maximum absolute atomic E-state index is 12.6. The van der Waals surface area contributed by atoms with Gasteiger partial charge in [-0.25, -0.2) is 4.79 Å². The minimum absolute atomic E-state index is 0.146. The highest BCUT2D eigenvalue weighted by Crippen LogP contribution is 2.34. The van der Waals surface area contributed by atoms with Crippen molar-refractivity contribution >= 4 is 51.3 Å². The molecule has 0 aromatic carbocycles. The number of rotatable bonds is 10. The van der Waals surface area contributed by atoms with E-state index in [1.54, 1.807) is 17.4 Å². The number of nitrogens with zero attached hydrogens (tertiary/aromatic N) is 3. The first-order chi connectivity index (χ1) is 15.0. The van der Waals surface area contributed by atoms with Gasteiger partial charge in [-0.05, 0) is 30.4 Å². The number of hydrogen-bond acceptors (Lipinski definition) is 8. The molecule has 7 nitrogen and oxygen atoms in total. The maximum atomic E-state index is 12.6. The second kappa shape index (κ2) is 10.7. The highest BCUT2D eigenvalue weighted by atomic mass is 32.2. The summed E-state index contributed by atoms with van der Waals surface area (Å²) in [6, 6.07) is 4.07. The van der Waals surface area contributed by atoms with E-state index in [4.69, 9.17) is 4.74 Å². The Morgan fingerprint density at radius 2 is 2.19 bits per heavy atom. The number of allylic oxidation sites excluding steroid dienone is 1. The first-order valence-corrected chi connectivity index (χ1v) is 12.3. The van der Waals surface area contributed by atoms with Crippen LogP contribution in [-0.2, 0) is 28.9 Å². The predicted octanol–water partition coefficient (Wildman–Crippen LogP) is 4.57. The molecule has 0 bridgehead atoms. The summed E-state index contributed by atoms with van der Waals surface area (Å²) in [4.78, 5) is 27.1. The van der Waals surface area contributed by atoms with E-state index >= 15 is 0 Å². The van der Waals surface area contributed by atoms with Crippen LogP contribution in [0.1, 0.15) is 38.4 Å². The number of carbonyl (C=O) groups is 2. The lowest BCUT2D eigenvalue weighted by atomic mass is 10.1. The third-order valence-corrected chi connectivity index (χ3v) is 7.46. The molecule has 1 N–H and O–H groups in total. The van der Waals surface area contributed by atoms with Crippen LogP contribution in [0.2, 0.25) is 0 Å². The molecule has 0 aliphatic carbocycles. The van der Waals surface area contributed by atoms with Crippen molar-refractivity contribution in [2.75, 3.05) is 18.2 Å². The molecule has 0 saturated carbocycles. The van der Waals surface area contributed by atoms with Gasteiger partial charge >= 0.3 is 5.97 Å². The number of esters is 1. The summed E-state index contributed by atoms with van der Waals surface area (Å²) >= 11 is 4.36. The van der Waals surface area contributed by atoms with Crippen LogP contribution < -0.4 is 5.32 Å². The first kappa shape index (κ1) is 23.2. The van der Waals surface area contributed by atoms with Crippen LogP contribution in [0.3, 0.4) is 0 Å². The fourth-order valence-electron chi connectivity index (χ4n) is 3.14. The van der Waals surface area contributed by atoms with Gasteiger partial charge < -0.3 is 14.6 Å². The van der Waals surface area contributed by atoms with Gasteiger partial charge in [-0.1, -0.05) is 30.8 Å². The average Bonchev–Trinajstić information content (AvgIpc) is 3.47. The van der Waals surface area contributed by atoms with E-state index in [1.165, 1.54) is 35.1 Å². The molecule has 1 amide bonds. The van der Waals surface area contributed by atoms with Gasteiger partial charge in [0.2, 0.25) is 5.91 Å². The van der Waals surface area contributed by atoms with Crippen molar-refractivity contribution in [2.45, 2.75) is 38.4 Å². The number of carbonyl (C=O) groups excluding carboxylic acids is 2. The van der Waals surface area contributed by atoms with Gasteiger partial charge in [0.15, 0.2) is 5.16 Å². The lowest BCUT2D eigenvalue weighted by molar-refractivity contribution is -0.113. The Kier molecular flexibility index (Phi) is 8.05. The van der Waals surface area contributed by atoms with Crippen LogP contribution in [-0.4, -0.2) is 39.5 Å². The molecule has 164 valence electrons. The van der Waals surface area contributed by atoms with E-state index in [-0.39, 0.29) is 11.7 Å². The monoisotopic (exact) mass is 476 g/mol. The fourth-order valence-corrected chi connectivity index (χ4v) is 5.76. The molecule has 0 aliphatic rings. The number of aryl methyl sites for hydroxylation is 1. The van der Waals surface area contributed by atoms with Crippen LogP contribution in [0.5, 0.6) is 0 Å². The van der Waals surface area contributed by atoms with E-state index in [0.717, 1.165) is 16.3 Å². The van der Waals surface area contributed by atoms with Crippen LogP contribution in [0.4, 0.5) is 5.00 Å². The van der Waals surface area contributed by atoms with Gasteiger partial charge in [0.25, 0.3) is 0 Å². The van der Waals surface area contributed by atoms with Crippen molar-refractivity contribution in [1.29, 1.82) is 0 Å². The molecule has 0 atom stereocenters. The van der Waals surface area contributed by atoms with Crippen molar-refractivity contribution in [3.63, 3.8) is 0 Å². The lowest BCUT2D eigenvalue weighted by Gasteiger charge is -2.08. The molecule has 0 aliphatic heterocycles. The van der Waals surface area contributed by atoms with E-state index < -0.39 is 5.97 Å². The number of methoxy groups -OCH3 is 1. The highest BCUT2D eigenvalue weighted by Gasteiger charge is 2.23. The van der Waals surface area contributed by atoms with E-state index in [0.29, 0.717) is 35.1 Å². The van der Waals surface area contributed by atoms with Crippen LogP contribution in [0, 0.1) is 6.92 Å². The number of nitrogens with one attached hydrogen (secondary N) is 1.